The van der Waals surface area contributed by atoms with Crippen molar-refractivity contribution >= 4 is 28.6 Å². The fourth-order valence-corrected chi connectivity index (χ4v) is 2.35. The Kier molecular flexibility index (Phi) is 4.87. The maximum atomic E-state index is 11.8. The van der Waals surface area contributed by atoms with Crippen molar-refractivity contribution in [3.63, 3.8) is 0 Å². The molecule has 3 rings (SSSR count). The molecular formula is C20H19N3O. The molecule has 0 aliphatic carbocycles. The van der Waals surface area contributed by atoms with Crippen LogP contribution in [-0.2, 0) is 4.79 Å². The highest BCUT2D eigenvalue weighted by molar-refractivity contribution is 5.87. The third kappa shape index (κ3) is 4.20. The Bertz CT molecular complexity index is 869. The molecule has 0 spiro atoms. The lowest BCUT2D eigenvalue weighted by molar-refractivity contribution is -0.119. The molecule has 0 bridgehead atoms. The van der Waals surface area contributed by atoms with E-state index in [1.165, 1.54) is 10.9 Å². The first-order chi connectivity index (χ1) is 11.7. The zero-order valence-corrected chi connectivity index (χ0v) is 13.5. The summed E-state index contributed by atoms with van der Waals surface area (Å²) < 4.78 is 0. The first-order valence-corrected chi connectivity index (χ1v) is 7.82. The second kappa shape index (κ2) is 7.42. The standard InChI is InChI=1S/C20H19N3O/c1-15-6-8-16(9-7-15)13-22-23-20(24)14-21-19-11-10-17-4-2-3-5-18(17)12-19/h2-13,21H,14H2,1H3,(H,23,24). The van der Waals surface area contributed by atoms with Gasteiger partial charge in [-0.1, -0.05) is 60.2 Å². The summed E-state index contributed by atoms with van der Waals surface area (Å²) >= 11 is 0. The predicted molar refractivity (Wildman–Crippen MR) is 99.4 cm³/mol. The summed E-state index contributed by atoms with van der Waals surface area (Å²) in [6, 6.07) is 22.1. The van der Waals surface area contributed by atoms with Crippen LogP contribution in [0, 0.1) is 6.92 Å². The number of hydrogen-bond acceptors (Lipinski definition) is 3. The highest BCUT2D eigenvalue weighted by atomic mass is 16.2. The van der Waals surface area contributed by atoms with Crippen LogP contribution in [0.25, 0.3) is 10.8 Å². The van der Waals surface area contributed by atoms with Crippen molar-refractivity contribution in [2.75, 3.05) is 11.9 Å². The van der Waals surface area contributed by atoms with Gasteiger partial charge < -0.3 is 5.32 Å². The van der Waals surface area contributed by atoms with E-state index in [4.69, 9.17) is 0 Å². The van der Waals surface area contributed by atoms with Gasteiger partial charge in [0.15, 0.2) is 0 Å². The second-order valence-electron chi connectivity index (χ2n) is 5.62. The van der Waals surface area contributed by atoms with Crippen molar-refractivity contribution in [3.05, 3.63) is 77.9 Å². The average Bonchev–Trinajstić information content (AvgIpc) is 2.61. The molecule has 24 heavy (non-hydrogen) atoms. The van der Waals surface area contributed by atoms with Gasteiger partial charge in [-0.25, -0.2) is 5.43 Å². The van der Waals surface area contributed by atoms with Gasteiger partial charge in [0.25, 0.3) is 5.91 Å². The number of hydrogen-bond donors (Lipinski definition) is 2. The minimum atomic E-state index is -0.188. The number of hydrazone groups is 1. The summed E-state index contributed by atoms with van der Waals surface area (Å²) in [6.07, 6.45) is 1.63. The molecule has 0 unspecified atom stereocenters. The summed E-state index contributed by atoms with van der Waals surface area (Å²) in [5, 5.41) is 9.39. The number of rotatable bonds is 5. The first-order valence-electron chi connectivity index (χ1n) is 7.82. The number of nitrogens with zero attached hydrogens (tertiary/aromatic N) is 1. The molecule has 0 aromatic heterocycles. The van der Waals surface area contributed by atoms with Crippen molar-refractivity contribution < 1.29 is 4.79 Å². The average molecular weight is 317 g/mol. The first kappa shape index (κ1) is 15.7. The molecule has 0 aliphatic rings. The summed E-state index contributed by atoms with van der Waals surface area (Å²) in [5.74, 6) is -0.188. The van der Waals surface area contributed by atoms with E-state index >= 15 is 0 Å². The maximum absolute atomic E-state index is 11.8. The quantitative estimate of drug-likeness (QED) is 0.557. The van der Waals surface area contributed by atoms with Crippen LogP contribution in [0.2, 0.25) is 0 Å². The second-order valence-corrected chi connectivity index (χ2v) is 5.62. The molecule has 2 N–H and O–H groups in total. The number of amides is 1. The van der Waals surface area contributed by atoms with Crippen LogP contribution < -0.4 is 10.7 Å². The summed E-state index contributed by atoms with van der Waals surface area (Å²) in [5.41, 5.74) is 5.57. The van der Waals surface area contributed by atoms with Gasteiger partial charge in [-0.05, 0) is 35.4 Å². The van der Waals surface area contributed by atoms with Gasteiger partial charge in [-0.3, -0.25) is 4.79 Å². The van der Waals surface area contributed by atoms with Gasteiger partial charge >= 0.3 is 0 Å². The van der Waals surface area contributed by atoms with Gasteiger partial charge in [0.1, 0.15) is 0 Å². The third-order valence-corrected chi connectivity index (χ3v) is 3.68. The Morgan fingerprint density at radius 3 is 2.54 bits per heavy atom. The van der Waals surface area contributed by atoms with Crippen molar-refractivity contribution in [2.45, 2.75) is 6.92 Å². The monoisotopic (exact) mass is 317 g/mol. The predicted octanol–water partition coefficient (Wildman–Crippen LogP) is 3.71. The molecule has 120 valence electrons. The van der Waals surface area contributed by atoms with E-state index < -0.39 is 0 Å². The Hall–Kier alpha value is -3.14. The van der Waals surface area contributed by atoms with Crippen molar-refractivity contribution in [2.24, 2.45) is 5.10 Å². The fourth-order valence-electron chi connectivity index (χ4n) is 2.35. The summed E-state index contributed by atoms with van der Waals surface area (Å²) in [6.45, 7) is 2.20. The fraction of sp³-hybridized carbons (Fsp3) is 0.100. The zero-order valence-electron chi connectivity index (χ0n) is 13.5. The van der Waals surface area contributed by atoms with Crippen LogP contribution in [0.3, 0.4) is 0 Å². The SMILES string of the molecule is Cc1ccc(C=NNC(=O)CNc2ccc3ccccc3c2)cc1. The van der Waals surface area contributed by atoms with Gasteiger partial charge in [0.2, 0.25) is 0 Å². The van der Waals surface area contributed by atoms with E-state index in [-0.39, 0.29) is 12.5 Å². The van der Waals surface area contributed by atoms with E-state index in [2.05, 4.69) is 21.9 Å². The molecule has 0 fully saturated rings. The third-order valence-electron chi connectivity index (χ3n) is 3.68. The van der Waals surface area contributed by atoms with Crippen LogP contribution in [-0.4, -0.2) is 18.7 Å². The Labute approximate surface area is 141 Å². The number of nitrogens with one attached hydrogen (secondary N) is 2. The van der Waals surface area contributed by atoms with E-state index in [1.54, 1.807) is 6.21 Å². The van der Waals surface area contributed by atoms with Crippen LogP contribution in [0.15, 0.2) is 71.8 Å². The molecule has 0 radical (unpaired) electrons. The van der Waals surface area contributed by atoms with Crippen LogP contribution in [0.4, 0.5) is 5.69 Å². The van der Waals surface area contributed by atoms with Gasteiger partial charge in [-0.2, -0.15) is 5.10 Å². The lowest BCUT2D eigenvalue weighted by Gasteiger charge is -2.06. The molecule has 0 aliphatic heterocycles. The van der Waals surface area contributed by atoms with Gasteiger partial charge in [-0.15, -0.1) is 0 Å². The number of aryl methyl sites for hydroxylation is 1. The Morgan fingerprint density at radius 2 is 1.75 bits per heavy atom. The van der Waals surface area contributed by atoms with Crippen molar-refractivity contribution in [1.29, 1.82) is 0 Å². The molecule has 4 nitrogen and oxygen atoms in total. The van der Waals surface area contributed by atoms with E-state index in [9.17, 15) is 4.79 Å². The molecule has 0 heterocycles. The van der Waals surface area contributed by atoms with Crippen LogP contribution in [0.5, 0.6) is 0 Å². The van der Waals surface area contributed by atoms with Crippen LogP contribution in [0.1, 0.15) is 11.1 Å². The Balaban J connectivity index is 1.52. The number of anilines is 1. The van der Waals surface area contributed by atoms with Gasteiger partial charge in [0, 0.05) is 5.69 Å². The molecule has 0 atom stereocenters. The molecule has 3 aromatic rings. The van der Waals surface area contributed by atoms with E-state index in [0.717, 1.165) is 16.6 Å². The van der Waals surface area contributed by atoms with E-state index in [1.807, 2.05) is 67.6 Å². The minimum absolute atomic E-state index is 0.170. The topological polar surface area (TPSA) is 53.5 Å². The Morgan fingerprint density at radius 1 is 1.00 bits per heavy atom. The summed E-state index contributed by atoms with van der Waals surface area (Å²) in [7, 11) is 0. The highest BCUT2D eigenvalue weighted by Gasteiger charge is 2.00. The minimum Gasteiger partial charge on any atom is -0.376 e. The number of fused-ring (bicyclic) bond motifs is 1. The van der Waals surface area contributed by atoms with Crippen LogP contribution >= 0.6 is 0 Å². The lowest BCUT2D eigenvalue weighted by atomic mass is 10.1. The molecule has 1 amide bonds. The zero-order chi connectivity index (χ0) is 16.8. The molecule has 0 saturated heterocycles. The molecule has 3 aromatic carbocycles. The van der Waals surface area contributed by atoms with Crippen molar-refractivity contribution in [3.8, 4) is 0 Å². The highest BCUT2D eigenvalue weighted by Crippen LogP contribution is 2.18. The number of carbonyl (C=O) groups is 1. The smallest absolute Gasteiger partial charge is 0.259 e. The maximum Gasteiger partial charge on any atom is 0.259 e. The molecule has 0 saturated carbocycles. The molecular weight excluding hydrogens is 298 g/mol. The number of benzene rings is 3. The van der Waals surface area contributed by atoms with Gasteiger partial charge in [0.05, 0.1) is 12.8 Å². The summed E-state index contributed by atoms with van der Waals surface area (Å²) in [4.78, 5) is 11.8. The molecule has 4 heteroatoms. The largest absolute Gasteiger partial charge is 0.376 e. The van der Waals surface area contributed by atoms with Crippen molar-refractivity contribution in [1.82, 2.24) is 5.43 Å². The number of carbonyl (C=O) groups excluding carboxylic acids is 1. The van der Waals surface area contributed by atoms with E-state index in [0.29, 0.717) is 0 Å². The lowest BCUT2D eigenvalue weighted by Crippen LogP contribution is -2.25. The normalized spacial score (nSPS) is 10.9.